The van der Waals surface area contributed by atoms with Crippen LogP contribution in [0.3, 0.4) is 0 Å². The smallest absolute Gasteiger partial charge is 0.378 e. The molecule has 1 aliphatic rings. The summed E-state index contributed by atoms with van der Waals surface area (Å²) in [6.07, 6.45) is 0.245. The van der Waals surface area contributed by atoms with E-state index in [-0.39, 0.29) is 11.6 Å². The van der Waals surface area contributed by atoms with Gasteiger partial charge in [0.2, 0.25) is 0 Å². The number of anilines is 2. The van der Waals surface area contributed by atoms with Crippen LogP contribution in [-0.4, -0.2) is 58.9 Å². The highest BCUT2D eigenvalue weighted by molar-refractivity contribution is 6.04. The molecule has 2 heterocycles. The number of amides is 1. The number of piperazine rings is 1. The van der Waals surface area contributed by atoms with E-state index in [1.54, 1.807) is 30.6 Å². The van der Waals surface area contributed by atoms with Crippen LogP contribution < -0.4 is 10.6 Å². The predicted molar refractivity (Wildman–Crippen MR) is 142 cm³/mol. The van der Waals surface area contributed by atoms with Crippen LogP contribution in [0.5, 0.6) is 0 Å². The van der Waals surface area contributed by atoms with Crippen molar-refractivity contribution in [3.63, 3.8) is 0 Å². The molecule has 1 aromatic heterocycles. The van der Waals surface area contributed by atoms with E-state index in [1.807, 2.05) is 13.1 Å². The summed E-state index contributed by atoms with van der Waals surface area (Å²) in [6, 6.07) is 9.17. The molecule has 0 atom stereocenters. The Kier molecular flexibility index (Phi) is 8.63. The van der Waals surface area contributed by atoms with E-state index in [0.717, 1.165) is 49.1 Å². The fraction of sp³-hybridized carbons (Fsp3) is 0.393. The van der Waals surface area contributed by atoms with Gasteiger partial charge in [-0.25, -0.2) is 9.97 Å². The van der Waals surface area contributed by atoms with Gasteiger partial charge < -0.3 is 15.5 Å². The molecular weight excluding hydrogens is 493 g/mol. The maximum Gasteiger partial charge on any atom is 0.416 e. The van der Waals surface area contributed by atoms with Crippen molar-refractivity contribution in [2.24, 2.45) is 0 Å². The molecule has 0 aliphatic carbocycles. The molecule has 3 aromatic rings. The number of carbonyl (C=O) groups is 1. The maximum atomic E-state index is 13.7. The van der Waals surface area contributed by atoms with Crippen molar-refractivity contribution in [1.29, 1.82) is 0 Å². The van der Waals surface area contributed by atoms with Crippen LogP contribution in [0.1, 0.15) is 52.4 Å². The van der Waals surface area contributed by atoms with Crippen LogP contribution in [0.15, 0.2) is 55.1 Å². The number of alkyl halides is 3. The van der Waals surface area contributed by atoms with Crippen LogP contribution in [0.4, 0.5) is 24.5 Å². The van der Waals surface area contributed by atoms with E-state index >= 15 is 0 Å². The SMILES string of the molecule is CC(C)c1ccc(C(=O)Nc2cc(CN3CCN(C)CC3)cc(C(F)(F)F)c2)cc1CNc1cncnc1. The van der Waals surface area contributed by atoms with Crippen LogP contribution >= 0.6 is 0 Å². The number of hydrogen-bond acceptors (Lipinski definition) is 6. The van der Waals surface area contributed by atoms with E-state index < -0.39 is 17.6 Å². The number of aromatic nitrogens is 2. The van der Waals surface area contributed by atoms with Gasteiger partial charge in [0.1, 0.15) is 6.33 Å². The van der Waals surface area contributed by atoms with Crippen molar-refractivity contribution in [3.8, 4) is 0 Å². The number of carbonyl (C=O) groups excluding carboxylic acids is 1. The quantitative estimate of drug-likeness (QED) is 0.419. The second-order valence-electron chi connectivity index (χ2n) is 10.00. The molecule has 2 N–H and O–H groups in total. The molecule has 0 spiro atoms. The lowest BCUT2D eigenvalue weighted by atomic mass is 9.95. The van der Waals surface area contributed by atoms with E-state index in [0.29, 0.717) is 24.2 Å². The summed E-state index contributed by atoms with van der Waals surface area (Å²) >= 11 is 0. The Morgan fingerprint density at radius 1 is 1.00 bits per heavy atom. The standard InChI is InChI=1S/C28H33F3N6O/c1-19(2)26-5-4-21(12-22(26)14-34-25-15-32-18-33-16-25)27(38)35-24-11-20(10-23(13-24)28(29,30)31)17-37-8-6-36(3)7-9-37/h4-5,10-13,15-16,18-19,34H,6-9,14,17H2,1-3H3,(H,35,38). The molecule has 2 aromatic carbocycles. The second kappa shape index (κ2) is 11.9. The topological polar surface area (TPSA) is 73.4 Å². The van der Waals surface area contributed by atoms with Crippen LogP contribution in [0.2, 0.25) is 0 Å². The van der Waals surface area contributed by atoms with Crippen molar-refractivity contribution in [2.45, 2.75) is 39.0 Å². The van der Waals surface area contributed by atoms with Gasteiger partial charge in [0.05, 0.1) is 23.6 Å². The van der Waals surface area contributed by atoms with Gasteiger partial charge in [-0.15, -0.1) is 0 Å². The fourth-order valence-electron chi connectivity index (χ4n) is 4.54. The summed E-state index contributed by atoms with van der Waals surface area (Å²) in [5, 5.41) is 5.95. The maximum absolute atomic E-state index is 13.7. The summed E-state index contributed by atoms with van der Waals surface area (Å²) in [7, 11) is 2.03. The van der Waals surface area contributed by atoms with Gasteiger partial charge in [0.25, 0.3) is 5.91 Å². The number of benzene rings is 2. The second-order valence-corrected chi connectivity index (χ2v) is 10.00. The number of halogens is 3. The lowest BCUT2D eigenvalue weighted by molar-refractivity contribution is -0.137. The molecule has 7 nitrogen and oxygen atoms in total. The first-order valence-corrected chi connectivity index (χ1v) is 12.6. The number of rotatable bonds is 8. The molecule has 1 amide bonds. The van der Waals surface area contributed by atoms with E-state index in [2.05, 4.69) is 44.2 Å². The normalized spacial score (nSPS) is 15.0. The first kappa shape index (κ1) is 27.5. The Morgan fingerprint density at radius 2 is 1.71 bits per heavy atom. The van der Waals surface area contributed by atoms with Crippen molar-refractivity contribution in [2.75, 3.05) is 43.9 Å². The zero-order valence-electron chi connectivity index (χ0n) is 21.8. The molecule has 0 saturated carbocycles. The lowest BCUT2D eigenvalue weighted by Gasteiger charge is -2.32. The summed E-state index contributed by atoms with van der Waals surface area (Å²) < 4.78 is 41.1. The monoisotopic (exact) mass is 526 g/mol. The summed E-state index contributed by atoms with van der Waals surface area (Å²) in [5.74, 6) is -0.244. The van der Waals surface area contributed by atoms with E-state index in [4.69, 9.17) is 0 Å². The Hall–Kier alpha value is -3.50. The minimum Gasteiger partial charge on any atom is -0.378 e. The van der Waals surface area contributed by atoms with Crippen LogP contribution in [-0.2, 0) is 19.3 Å². The summed E-state index contributed by atoms with van der Waals surface area (Å²) in [4.78, 5) is 25.5. The number of likely N-dealkylation sites (N-methyl/N-ethyl adjacent to an activating group) is 1. The molecule has 1 fully saturated rings. The van der Waals surface area contributed by atoms with Gasteiger partial charge >= 0.3 is 6.18 Å². The molecule has 202 valence electrons. The minimum atomic E-state index is -4.52. The largest absolute Gasteiger partial charge is 0.416 e. The van der Waals surface area contributed by atoms with Gasteiger partial charge in [-0.05, 0) is 60.0 Å². The lowest BCUT2D eigenvalue weighted by Crippen LogP contribution is -2.43. The first-order chi connectivity index (χ1) is 18.1. The molecule has 1 aliphatic heterocycles. The van der Waals surface area contributed by atoms with E-state index in [9.17, 15) is 18.0 Å². The average molecular weight is 527 g/mol. The molecule has 1 saturated heterocycles. The van der Waals surface area contributed by atoms with Gasteiger partial charge in [-0.2, -0.15) is 13.2 Å². The van der Waals surface area contributed by atoms with Gasteiger partial charge in [-0.1, -0.05) is 19.9 Å². The zero-order valence-corrected chi connectivity index (χ0v) is 21.8. The zero-order chi connectivity index (χ0) is 27.3. The van der Waals surface area contributed by atoms with Crippen molar-refractivity contribution >= 4 is 17.3 Å². The number of hydrogen-bond donors (Lipinski definition) is 2. The Bertz CT molecular complexity index is 1240. The molecule has 10 heteroatoms. The van der Waals surface area contributed by atoms with Gasteiger partial charge in [-0.3, -0.25) is 9.69 Å². The highest BCUT2D eigenvalue weighted by Gasteiger charge is 2.31. The molecule has 38 heavy (non-hydrogen) atoms. The van der Waals surface area contributed by atoms with Crippen LogP contribution in [0, 0.1) is 0 Å². The Labute approximate surface area is 221 Å². The van der Waals surface area contributed by atoms with Gasteiger partial charge in [0.15, 0.2) is 0 Å². The van der Waals surface area contributed by atoms with Gasteiger partial charge in [0, 0.05) is 50.5 Å². The fourth-order valence-corrected chi connectivity index (χ4v) is 4.54. The van der Waals surface area contributed by atoms with Crippen molar-refractivity contribution < 1.29 is 18.0 Å². The van der Waals surface area contributed by atoms with E-state index in [1.165, 1.54) is 12.4 Å². The molecular formula is C28H33F3N6O. The number of nitrogens with one attached hydrogen (secondary N) is 2. The Morgan fingerprint density at radius 3 is 2.37 bits per heavy atom. The highest BCUT2D eigenvalue weighted by Crippen LogP contribution is 2.33. The molecule has 0 bridgehead atoms. The summed E-state index contributed by atoms with van der Waals surface area (Å²) in [5.41, 5.74) is 2.97. The Balaban J connectivity index is 1.55. The molecule has 4 rings (SSSR count). The van der Waals surface area contributed by atoms with Crippen LogP contribution in [0.25, 0.3) is 0 Å². The minimum absolute atomic E-state index is 0.128. The summed E-state index contributed by atoms with van der Waals surface area (Å²) in [6.45, 7) is 8.25. The average Bonchev–Trinajstić information content (AvgIpc) is 2.88. The highest BCUT2D eigenvalue weighted by atomic mass is 19.4. The van der Waals surface area contributed by atoms with Crippen molar-refractivity contribution in [1.82, 2.24) is 19.8 Å². The number of nitrogens with zero attached hydrogens (tertiary/aromatic N) is 4. The third kappa shape index (κ3) is 7.29. The molecule has 0 unspecified atom stereocenters. The molecule has 0 radical (unpaired) electrons. The third-order valence-electron chi connectivity index (χ3n) is 6.65. The third-order valence-corrected chi connectivity index (χ3v) is 6.65. The predicted octanol–water partition coefficient (Wildman–Crippen LogP) is 5.23. The van der Waals surface area contributed by atoms with Crippen molar-refractivity contribution in [3.05, 3.63) is 82.9 Å². The first-order valence-electron chi connectivity index (χ1n) is 12.6.